The minimum Gasteiger partial charge on any atom is -0.495 e. The number of nitrogens with zero attached hydrogens (tertiary/aromatic N) is 1. The molecular weight excluding hydrogens is 302 g/mol. The van der Waals surface area contributed by atoms with Gasteiger partial charge in [0.2, 0.25) is 0 Å². The fourth-order valence-electron chi connectivity index (χ4n) is 1.77. The normalized spacial score (nSPS) is 10.7. The quantitative estimate of drug-likeness (QED) is 0.437. The Labute approximate surface area is 135 Å². The van der Waals surface area contributed by atoms with Gasteiger partial charge >= 0.3 is 0 Å². The third-order valence-corrected chi connectivity index (χ3v) is 3.18. The summed E-state index contributed by atoms with van der Waals surface area (Å²) in [4.78, 5) is 12.1. The zero-order valence-corrected chi connectivity index (χ0v) is 13.5. The van der Waals surface area contributed by atoms with Gasteiger partial charge in [0.05, 0.1) is 12.8 Å². The highest BCUT2D eigenvalue weighted by molar-refractivity contribution is 6.31. The van der Waals surface area contributed by atoms with Crippen LogP contribution in [0.15, 0.2) is 30.0 Å². The molecule has 0 saturated carbocycles. The van der Waals surface area contributed by atoms with E-state index in [9.17, 15) is 4.79 Å². The Morgan fingerprint density at radius 1 is 1.45 bits per heavy atom. The number of rotatable bonds is 8. The van der Waals surface area contributed by atoms with Gasteiger partial charge in [-0.3, -0.25) is 4.79 Å². The smallest absolute Gasteiger partial charge is 0.267 e. The average Bonchev–Trinajstić information content (AvgIpc) is 2.51. The molecule has 0 fully saturated rings. The van der Waals surface area contributed by atoms with Gasteiger partial charge in [-0.15, -0.1) is 0 Å². The van der Waals surface area contributed by atoms with E-state index in [1.54, 1.807) is 18.2 Å². The topological polar surface area (TPSA) is 74.2 Å². The number of carbonyl (C=O) groups is 1. The van der Waals surface area contributed by atoms with Gasteiger partial charge in [-0.25, -0.2) is 0 Å². The molecule has 1 rings (SSSR count). The van der Waals surface area contributed by atoms with Crippen LogP contribution in [0.25, 0.3) is 0 Å². The molecule has 2 N–H and O–H groups in total. The van der Waals surface area contributed by atoms with Crippen LogP contribution in [0.2, 0.25) is 5.02 Å². The Morgan fingerprint density at radius 3 is 2.86 bits per heavy atom. The average molecular weight is 322 g/mol. The maximum atomic E-state index is 12.1. The fraction of sp³-hybridized carbons (Fsp3) is 0.375. The molecule has 5 nitrogen and oxygen atoms in total. The van der Waals surface area contributed by atoms with Crippen LogP contribution in [0.3, 0.4) is 0 Å². The van der Waals surface area contributed by atoms with Crippen molar-refractivity contribution in [2.75, 3.05) is 19.0 Å². The standard InChI is InChI=1S/C16H20ClN3O2/c1-3-4-5-8-19-11-12(10-18)16(21)20-14-9-13(17)6-7-15(14)22-2/h6-7,9,11,19H,3-5,8H2,1-2H3,(H,20,21)/b12-11-. The SMILES string of the molecule is CCCCCN/C=C(/C#N)C(=O)Nc1cc(Cl)ccc1OC. The Bertz CT molecular complexity index is 579. The van der Waals surface area contributed by atoms with Gasteiger partial charge in [0, 0.05) is 17.8 Å². The van der Waals surface area contributed by atoms with Crippen LogP contribution in [0.1, 0.15) is 26.2 Å². The molecule has 0 atom stereocenters. The lowest BCUT2D eigenvalue weighted by Gasteiger charge is -2.10. The van der Waals surface area contributed by atoms with E-state index in [1.807, 2.05) is 6.07 Å². The molecule has 0 spiro atoms. The Balaban J connectivity index is 2.71. The lowest BCUT2D eigenvalue weighted by Crippen LogP contribution is -2.17. The number of unbranched alkanes of at least 4 members (excludes halogenated alkanes) is 2. The third kappa shape index (κ3) is 5.66. The highest BCUT2D eigenvalue weighted by atomic mass is 35.5. The van der Waals surface area contributed by atoms with Crippen molar-refractivity contribution in [2.45, 2.75) is 26.2 Å². The molecule has 1 aromatic rings. The first-order valence-corrected chi connectivity index (χ1v) is 7.48. The summed E-state index contributed by atoms with van der Waals surface area (Å²) in [5.41, 5.74) is 0.422. The first-order valence-electron chi connectivity index (χ1n) is 7.11. The Kier molecular flexibility index (Phi) is 7.87. The Morgan fingerprint density at radius 2 is 2.23 bits per heavy atom. The molecule has 0 aliphatic rings. The number of halogens is 1. The second-order valence-corrected chi connectivity index (χ2v) is 5.07. The predicted octanol–water partition coefficient (Wildman–Crippen LogP) is 3.47. The van der Waals surface area contributed by atoms with Gasteiger partial charge in [0.25, 0.3) is 5.91 Å². The second kappa shape index (κ2) is 9.69. The van der Waals surface area contributed by atoms with Crippen molar-refractivity contribution in [3.8, 4) is 11.8 Å². The fourth-order valence-corrected chi connectivity index (χ4v) is 1.94. The number of hydrogen-bond acceptors (Lipinski definition) is 4. The Hall–Kier alpha value is -2.19. The summed E-state index contributed by atoms with van der Waals surface area (Å²) in [5.74, 6) is -0.0306. The highest BCUT2D eigenvalue weighted by Crippen LogP contribution is 2.27. The number of nitriles is 1. The van der Waals surface area contributed by atoms with E-state index in [0.717, 1.165) is 25.8 Å². The number of anilines is 1. The molecule has 0 aliphatic carbocycles. The monoisotopic (exact) mass is 321 g/mol. The van der Waals surface area contributed by atoms with Crippen molar-refractivity contribution in [1.82, 2.24) is 5.32 Å². The highest BCUT2D eigenvalue weighted by Gasteiger charge is 2.12. The molecule has 1 amide bonds. The summed E-state index contributed by atoms with van der Waals surface area (Å²) in [6.07, 6.45) is 4.65. The minimum atomic E-state index is -0.508. The van der Waals surface area contributed by atoms with Crippen LogP contribution in [0.4, 0.5) is 5.69 Å². The van der Waals surface area contributed by atoms with Gasteiger partial charge in [0.15, 0.2) is 0 Å². The molecule has 0 bridgehead atoms. The van der Waals surface area contributed by atoms with Crippen molar-refractivity contribution in [1.29, 1.82) is 5.26 Å². The second-order valence-electron chi connectivity index (χ2n) is 4.63. The van der Waals surface area contributed by atoms with E-state index in [1.165, 1.54) is 13.3 Å². The summed E-state index contributed by atoms with van der Waals surface area (Å²) < 4.78 is 5.15. The van der Waals surface area contributed by atoms with E-state index in [0.29, 0.717) is 16.5 Å². The van der Waals surface area contributed by atoms with Crippen LogP contribution in [-0.2, 0) is 4.79 Å². The summed E-state index contributed by atoms with van der Waals surface area (Å²) in [6, 6.07) is 6.76. The van der Waals surface area contributed by atoms with Crippen LogP contribution < -0.4 is 15.4 Å². The maximum Gasteiger partial charge on any atom is 0.267 e. The van der Waals surface area contributed by atoms with Crippen LogP contribution in [0.5, 0.6) is 5.75 Å². The maximum absolute atomic E-state index is 12.1. The first kappa shape index (κ1) is 17.9. The largest absolute Gasteiger partial charge is 0.495 e. The zero-order valence-electron chi connectivity index (χ0n) is 12.8. The number of carbonyl (C=O) groups excluding carboxylic acids is 1. The van der Waals surface area contributed by atoms with Crippen molar-refractivity contribution in [3.05, 3.63) is 35.0 Å². The number of methoxy groups -OCH3 is 1. The van der Waals surface area contributed by atoms with E-state index in [2.05, 4.69) is 17.6 Å². The third-order valence-electron chi connectivity index (χ3n) is 2.95. The van der Waals surface area contributed by atoms with Gasteiger partial charge in [-0.2, -0.15) is 5.26 Å². The molecule has 0 radical (unpaired) electrons. The minimum absolute atomic E-state index is 0.00136. The van der Waals surface area contributed by atoms with E-state index < -0.39 is 5.91 Å². The van der Waals surface area contributed by atoms with Crippen molar-refractivity contribution in [2.24, 2.45) is 0 Å². The van der Waals surface area contributed by atoms with Crippen molar-refractivity contribution < 1.29 is 9.53 Å². The van der Waals surface area contributed by atoms with Crippen molar-refractivity contribution >= 4 is 23.2 Å². The molecule has 118 valence electrons. The van der Waals surface area contributed by atoms with Crippen LogP contribution >= 0.6 is 11.6 Å². The van der Waals surface area contributed by atoms with Crippen LogP contribution in [0, 0.1) is 11.3 Å². The first-order chi connectivity index (χ1) is 10.6. The molecule has 22 heavy (non-hydrogen) atoms. The molecule has 0 unspecified atom stereocenters. The zero-order chi connectivity index (χ0) is 16.4. The van der Waals surface area contributed by atoms with Gasteiger partial charge in [0.1, 0.15) is 17.4 Å². The number of nitrogens with one attached hydrogen (secondary N) is 2. The summed E-state index contributed by atoms with van der Waals surface area (Å²) in [5, 5.41) is 15.2. The summed E-state index contributed by atoms with van der Waals surface area (Å²) in [7, 11) is 1.50. The molecule has 0 aliphatic heterocycles. The molecule has 1 aromatic carbocycles. The molecule has 0 aromatic heterocycles. The van der Waals surface area contributed by atoms with Crippen molar-refractivity contribution in [3.63, 3.8) is 0 Å². The predicted molar refractivity (Wildman–Crippen MR) is 87.9 cm³/mol. The van der Waals surface area contributed by atoms with Gasteiger partial charge in [-0.1, -0.05) is 31.4 Å². The molecule has 0 heterocycles. The number of hydrogen-bond donors (Lipinski definition) is 2. The summed E-state index contributed by atoms with van der Waals surface area (Å²) in [6.45, 7) is 2.84. The molecule has 0 saturated heterocycles. The molecular formula is C16H20ClN3O2. The van der Waals surface area contributed by atoms with Gasteiger partial charge in [-0.05, 0) is 24.6 Å². The number of amides is 1. The molecule has 6 heteroatoms. The van der Waals surface area contributed by atoms with Crippen LogP contribution in [-0.4, -0.2) is 19.6 Å². The van der Waals surface area contributed by atoms with E-state index >= 15 is 0 Å². The van der Waals surface area contributed by atoms with Gasteiger partial charge < -0.3 is 15.4 Å². The lowest BCUT2D eigenvalue weighted by molar-refractivity contribution is -0.112. The lowest BCUT2D eigenvalue weighted by atomic mass is 10.2. The number of benzene rings is 1. The summed E-state index contributed by atoms with van der Waals surface area (Å²) >= 11 is 5.90. The van der Waals surface area contributed by atoms with E-state index in [-0.39, 0.29) is 5.57 Å². The van der Waals surface area contributed by atoms with E-state index in [4.69, 9.17) is 21.6 Å². The number of ether oxygens (including phenoxy) is 1.